The Bertz CT molecular complexity index is 538. The first-order chi connectivity index (χ1) is 9.31. The molecular weight excluding hydrogens is 278 g/mol. The summed E-state index contributed by atoms with van der Waals surface area (Å²) in [5.41, 5.74) is 0.466. The first-order valence-electron chi connectivity index (χ1n) is 6.40. The number of nitrogens with zero attached hydrogens (tertiary/aromatic N) is 2. The predicted octanol–water partition coefficient (Wildman–Crippen LogP) is 4.03. The molecule has 0 aliphatic carbocycles. The minimum absolute atomic E-state index is 0.466. The van der Waals surface area contributed by atoms with Crippen LogP contribution in [0.5, 0.6) is 0 Å². The average Bonchev–Trinajstić information content (AvgIpc) is 2.90. The van der Waals surface area contributed by atoms with Crippen LogP contribution < -0.4 is 0 Å². The zero-order chi connectivity index (χ0) is 14.8. The molecule has 1 unspecified atom stereocenters. The van der Waals surface area contributed by atoms with Crippen LogP contribution in [0.15, 0.2) is 49.1 Å². The molecule has 1 atom stereocenters. The maximum atomic E-state index is 14.7. The molecule has 2 rings (SSSR count). The van der Waals surface area contributed by atoms with E-state index in [1.807, 2.05) is 19.6 Å². The molecule has 0 aliphatic heterocycles. The fourth-order valence-corrected chi connectivity index (χ4v) is 2.88. The predicted molar refractivity (Wildman–Crippen MR) is 76.0 cm³/mol. The van der Waals surface area contributed by atoms with Gasteiger partial charge in [0.05, 0.1) is 6.33 Å². The van der Waals surface area contributed by atoms with Gasteiger partial charge in [-0.05, 0) is 25.2 Å². The van der Waals surface area contributed by atoms with Crippen molar-refractivity contribution in [2.24, 2.45) is 0 Å². The van der Waals surface area contributed by atoms with Crippen molar-refractivity contribution in [1.82, 2.24) is 9.55 Å². The van der Waals surface area contributed by atoms with E-state index in [1.165, 1.54) is 12.4 Å². The molecule has 3 nitrogen and oxygen atoms in total. The summed E-state index contributed by atoms with van der Waals surface area (Å²) in [6.07, 6.45) is 2.39. The molecule has 2 aromatic rings. The van der Waals surface area contributed by atoms with Crippen LogP contribution >= 0.6 is 0 Å². The minimum Gasteiger partial charge on any atom is -0.403 e. The second-order valence-corrected chi connectivity index (χ2v) is 10.0. The Balaban J connectivity index is 2.41. The molecule has 0 aliphatic rings. The van der Waals surface area contributed by atoms with Crippen LogP contribution in [0.4, 0.5) is 8.78 Å². The summed E-state index contributed by atoms with van der Waals surface area (Å²) in [6, 6.07) is 5.41. The molecule has 6 heteroatoms. The lowest BCUT2D eigenvalue weighted by Crippen LogP contribution is -2.38. The fraction of sp³-hybridized carbons (Fsp3) is 0.357. The number of benzene rings is 1. The largest absolute Gasteiger partial charge is 0.403 e. The molecular formula is C14H18F2N2OSi. The fourth-order valence-electron chi connectivity index (χ4n) is 1.89. The first kappa shape index (κ1) is 14.9. The van der Waals surface area contributed by atoms with Gasteiger partial charge in [-0.1, -0.05) is 30.3 Å². The van der Waals surface area contributed by atoms with Gasteiger partial charge in [0.2, 0.25) is 0 Å². The molecule has 108 valence electrons. The van der Waals surface area contributed by atoms with Crippen LogP contribution in [0.3, 0.4) is 0 Å². The third-order valence-electron chi connectivity index (χ3n) is 2.74. The van der Waals surface area contributed by atoms with Gasteiger partial charge >= 0.3 is 6.05 Å². The molecule has 0 amide bonds. The van der Waals surface area contributed by atoms with Crippen molar-refractivity contribution < 1.29 is 13.2 Å². The Morgan fingerprint density at radius 2 is 1.85 bits per heavy atom. The number of rotatable bonds is 5. The SMILES string of the molecule is C[Si](C)(C)OC(c1ccccc1)C(F)(F)n1ccnc1. The highest BCUT2D eigenvalue weighted by molar-refractivity contribution is 6.69. The molecule has 0 fully saturated rings. The highest BCUT2D eigenvalue weighted by Gasteiger charge is 2.45. The minimum atomic E-state index is -3.18. The number of aromatic nitrogens is 2. The number of hydrogen-bond acceptors (Lipinski definition) is 2. The van der Waals surface area contributed by atoms with Gasteiger partial charge in [0.1, 0.15) is 0 Å². The van der Waals surface area contributed by atoms with E-state index in [-0.39, 0.29) is 0 Å². The first-order valence-corrected chi connectivity index (χ1v) is 9.80. The maximum absolute atomic E-state index is 14.7. The average molecular weight is 296 g/mol. The number of hydrogen-bond donors (Lipinski definition) is 0. The molecule has 0 radical (unpaired) electrons. The second kappa shape index (κ2) is 5.45. The van der Waals surface area contributed by atoms with Gasteiger partial charge in [-0.15, -0.1) is 0 Å². The van der Waals surface area contributed by atoms with Gasteiger partial charge in [0.25, 0.3) is 0 Å². The van der Waals surface area contributed by atoms with Crippen molar-refractivity contribution >= 4 is 8.32 Å². The molecule has 1 aromatic carbocycles. The summed E-state index contributed by atoms with van der Waals surface area (Å²) in [7, 11) is -2.14. The van der Waals surface area contributed by atoms with Crippen molar-refractivity contribution in [3.05, 3.63) is 54.6 Å². The Morgan fingerprint density at radius 3 is 2.35 bits per heavy atom. The van der Waals surface area contributed by atoms with Gasteiger partial charge < -0.3 is 4.43 Å². The molecule has 0 bridgehead atoms. The summed E-state index contributed by atoms with van der Waals surface area (Å²) < 4.78 is 35.9. The normalized spacial score (nSPS) is 14.2. The van der Waals surface area contributed by atoms with E-state index in [9.17, 15) is 8.78 Å². The molecule has 0 spiro atoms. The zero-order valence-electron chi connectivity index (χ0n) is 11.8. The molecule has 0 saturated heterocycles. The molecule has 20 heavy (non-hydrogen) atoms. The highest BCUT2D eigenvalue weighted by atomic mass is 28.4. The van der Waals surface area contributed by atoms with Crippen molar-refractivity contribution in [3.63, 3.8) is 0 Å². The van der Waals surface area contributed by atoms with E-state index in [2.05, 4.69) is 4.98 Å². The Kier molecular flexibility index (Phi) is 4.05. The smallest absolute Gasteiger partial charge is 0.359 e. The van der Waals surface area contributed by atoms with E-state index in [4.69, 9.17) is 4.43 Å². The van der Waals surface area contributed by atoms with Gasteiger partial charge in [-0.3, -0.25) is 4.57 Å². The van der Waals surface area contributed by atoms with E-state index in [0.29, 0.717) is 5.56 Å². The van der Waals surface area contributed by atoms with Crippen molar-refractivity contribution in [2.45, 2.75) is 31.8 Å². The van der Waals surface area contributed by atoms with Gasteiger partial charge in [-0.25, -0.2) is 4.98 Å². The van der Waals surface area contributed by atoms with Crippen LogP contribution in [0.2, 0.25) is 19.6 Å². The molecule has 0 saturated carbocycles. The molecule has 0 N–H and O–H groups in total. The van der Waals surface area contributed by atoms with Crippen LogP contribution in [0.25, 0.3) is 0 Å². The van der Waals surface area contributed by atoms with Gasteiger partial charge in [0.15, 0.2) is 14.4 Å². The lowest BCUT2D eigenvalue weighted by atomic mass is 10.1. The standard InChI is InChI=1S/C14H18F2N2OSi/c1-20(2,3)19-13(12-7-5-4-6-8-12)14(15,16)18-10-9-17-11-18/h4-11,13H,1-3H3. The van der Waals surface area contributed by atoms with E-state index in [0.717, 1.165) is 10.9 Å². The van der Waals surface area contributed by atoms with Crippen LogP contribution in [-0.4, -0.2) is 17.9 Å². The quantitative estimate of drug-likeness (QED) is 0.779. The lowest BCUT2D eigenvalue weighted by molar-refractivity contribution is -0.167. The van der Waals surface area contributed by atoms with E-state index < -0.39 is 20.5 Å². The summed E-state index contributed by atoms with van der Waals surface area (Å²) >= 11 is 0. The Labute approximate surface area is 118 Å². The molecule has 1 aromatic heterocycles. The van der Waals surface area contributed by atoms with Gasteiger partial charge in [0, 0.05) is 12.4 Å². The summed E-state index contributed by atoms with van der Waals surface area (Å²) in [5, 5.41) is 0. The lowest BCUT2D eigenvalue weighted by Gasteiger charge is -2.33. The zero-order valence-corrected chi connectivity index (χ0v) is 12.8. The van der Waals surface area contributed by atoms with Crippen molar-refractivity contribution in [3.8, 4) is 0 Å². The van der Waals surface area contributed by atoms with Crippen LogP contribution in [-0.2, 0) is 10.5 Å². The highest BCUT2D eigenvalue weighted by Crippen LogP contribution is 2.40. The van der Waals surface area contributed by atoms with Crippen LogP contribution in [0.1, 0.15) is 11.7 Å². The third kappa shape index (κ3) is 3.32. The van der Waals surface area contributed by atoms with E-state index >= 15 is 0 Å². The summed E-state index contributed by atoms with van der Waals surface area (Å²) in [5.74, 6) is 0. The Hall–Kier alpha value is -1.53. The van der Waals surface area contributed by atoms with Crippen molar-refractivity contribution in [2.75, 3.05) is 0 Å². The second-order valence-electron chi connectivity index (χ2n) is 5.58. The van der Waals surface area contributed by atoms with Gasteiger partial charge in [-0.2, -0.15) is 8.78 Å². The number of halogens is 2. The van der Waals surface area contributed by atoms with E-state index in [1.54, 1.807) is 30.3 Å². The Morgan fingerprint density at radius 1 is 1.20 bits per heavy atom. The molecule has 1 heterocycles. The maximum Gasteiger partial charge on any atom is 0.359 e. The number of imidazole rings is 1. The summed E-state index contributed by atoms with van der Waals surface area (Å²) in [6.45, 7) is 5.69. The summed E-state index contributed by atoms with van der Waals surface area (Å²) in [4.78, 5) is 3.70. The monoisotopic (exact) mass is 296 g/mol. The van der Waals surface area contributed by atoms with Crippen LogP contribution in [0, 0.1) is 0 Å². The van der Waals surface area contributed by atoms with Crippen molar-refractivity contribution in [1.29, 1.82) is 0 Å². The third-order valence-corrected chi connectivity index (χ3v) is 3.68. The topological polar surface area (TPSA) is 27.1 Å². The number of alkyl halides is 2.